The number of hydrogen-bond acceptors (Lipinski definition) is 2. The molecule has 0 saturated heterocycles. The molecule has 1 aliphatic rings. The molecule has 1 aliphatic carbocycles. The standard InChI is InChI=1S/C14H16FN3/c15-14-4-2-1-3-11(14)10-18-13(7-8-17-18)9-16-12-5-6-12/h1-4,7-8,12,16H,5-6,9-10H2. The van der Waals surface area contributed by atoms with Gasteiger partial charge in [0.1, 0.15) is 5.82 Å². The molecule has 0 aliphatic heterocycles. The predicted molar refractivity (Wildman–Crippen MR) is 67.6 cm³/mol. The summed E-state index contributed by atoms with van der Waals surface area (Å²) in [6.45, 7) is 1.29. The lowest BCUT2D eigenvalue weighted by Gasteiger charge is -2.09. The van der Waals surface area contributed by atoms with Crippen LogP contribution in [0.2, 0.25) is 0 Å². The fourth-order valence-corrected chi connectivity index (χ4v) is 1.98. The minimum Gasteiger partial charge on any atom is -0.308 e. The molecule has 0 spiro atoms. The average molecular weight is 245 g/mol. The quantitative estimate of drug-likeness (QED) is 0.876. The van der Waals surface area contributed by atoms with E-state index in [0.717, 1.165) is 12.2 Å². The zero-order chi connectivity index (χ0) is 12.4. The molecule has 0 bridgehead atoms. The fourth-order valence-electron chi connectivity index (χ4n) is 1.98. The van der Waals surface area contributed by atoms with E-state index in [1.165, 1.54) is 18.9 Å². The first-order valence-corrected chi connectivity index (χ1v) is 6.30. The summed E-state index contributed by atoms with van der Waals surface area (Å²) in [6.07, 6.45) is 4.30. The number of halogens is 1. The van der Waals surface area contributed by atoms with Crippen LogP contribution in [-0.4, -0.2) is 15.8 Å². The highest BCUT2D eigenvalue weighted by atomic mass is 19.1. The van der Waals surface area contributed by atoms with E-state index in [4.69, 9.17) is 0 Å². The Morgan fingerprint density at radius 2 is 2.11 bits per heavy atom. The Bertz CT molecular complexity index is 531. The van der Waals surface area contributed by atoms with Crippen molar-refractivity contribution in [3.63, 3.8) is 0 Å². The number of aromatic nitrogens is 2. The monoisotopic (exact) mass is 245 g/mol. The van der Waals surface area contributed by atoms with Gasteiger partial charge in [0.25, 0.3) is 0 Å². The Morgan fingerprint density at radius 1 is 1.28 bits per heavy atom. The smallest absolute Gasteiger partial charge is 0.128 e. The van der Waals surface area contributed by atoms with Gasteiger partial charge in [0.05, 0.1) is 12.2 Å². The van der Waals surface area contributed by atoms with Crippen LogP contribution in [0.3, 0.4) is 0 Å². The molecule has 0 atom stereocenters. The predicted octanol–water partition coefficient (Wildman–Crippen LogP) is 2.32. The van der Waals surface area contributed by atoms with E-state index in [9.17, 15) is 4.39 Å². The van der Waals surface area contributed by atoms with E-state index in [1.807, 2.05) is 16.8 Å². The topological polar surface area (TPSA) is 29.9 Å². The summed E-state index contributed by atoms with van der Waals surface area (Å²) in [5.74, 6) is -0.172. The van der Waals surface area contributed by atoms with Gasteiger partial charge in [-0.05, 0) is 25.0 Å². The van der Waals surface area contributed by atoms with Crippen molar-refractivity contribution in [2.24, 2.45) is 0 Å². The van der Waals surface area contributed by atoms with E-state index >= 15 is 0 Å². The van der Waals surface area contributed by atoms with Gasteiger partial charge < -0.3 is 5.32 Å². The molecule has 18 heavy (non-hydrogen) atoms. The van der Waals surface area contributed by atoms with Gasteiger partial charge in [0, 0.05) is 24.3 Å². The third-order valence-corrected chi connectivity index (χ3v) is 3.23. The molecule has 0 unspecified atom stereocenters. The molecule has 1 heterocycles. The van der Waals surface area contributed by atoms with Crippen molar-refractivity contribution in [1.82, 2.24) is 15.1 Å². The second kappa shape index (κ2) is 4.90. The van der Waals surface area contributed by atoms with E-state index in [-0.39, 0.29) is 5.82 Å². The molecular formula is C14H16FN3. The lowest BCUT2D eigenvalue weighted by molar-refractivity contribution is 0.560. The van der Waals surface area contributed by atoms with Gasteiger partial charge in [-0.1, -0.05) is 18.2 Å². The van der Waals surface area contributed by atoms with Gasteiger partial charge in [-0.25, -0.2) is 4.39 Å². The SMILES string of the molecule is Fc1ccccc1Cn1nccc1CNC1CC1. The summed E-state index contributed by atoms with van der Waals surface area (Å²) in [5, 5.41) is 7.71. The van der Waals surface area contributed by atoms with Crippen molar-refractivity contribution in [2.45, 2.75) is 32.0 Å². The molecule has 3 nitrogen and oxygen atoms in total. The zero-order valence-electron chi connectivity index (χ0n) is 10.1. The van der Waals surface area contributed by atoms with Crippen molar-refractivity contribution >= 4 is 0 Å². The number of hydrogen-bond donors (Lipinski definition) is 1. The normalized spacial score (nSPS) is 14.9. The van der Waals surface area contributed by atoms with Crippen LogP contribution >= 0.6 is 0 Å². The van der Waals surface area contributed by atoms with Gasteiger partial charge in [-0.2, -0.15) is 5.10 Å². The first kappa shape index (κ1) is 11.4. The Labute approximate surface area is 106 Å². The molecule has 1 saturated carbocycles. The largest absolute Gasteiger partial charge is 0.308 e. The highest BCUT2D eigenvalue weighted by Crippen LogP contribution is 2.19. The third kappa shape index (κ3) is 2.59. The third-order valence-electron chi connectivity index (χ3n) is 3.23. The lowest BCUT2D eigenvalue weighted by Crippen LogP contribution is -2.19. The highest BCUT2D eigenvalue weighted by molar-refractivity contribution is 5.18. The minimum absolute atomic E-state index is 0.172. The molecule has 1 N–H and O–H groups in total. The first-order valence-electron chi connectivity index (χ1n) is 6.30. The molecule has 3 rings (SSSR count). The molecule has 4 heteroatoms. The fraction of sp³-hybridized carbons (Fsp3) is 0.357. The maximum atomic E-state index is 13.6. The van der Waals surface area contributed by atoms with Crippen LogP contribution in [0.5, 0.6) is 0 Å². The number of rotatable bonds is 5. The van der Waals surface area contributed by atoms with Crippen molar-refractivity contribution in [1.29, 1.82) is 0 Å². The summed E-state index contributed by atoms with van der Waals surface area (Å²) in [5.41, 5.74) is 1.78. The molecule has 2 aromatic rings. The lowest BCUT2D eigenvalue weighted by atomic mass is 10.2. The van der Waals surface area contributed by atoms with E-state index < -0.39 is 0 Å². The number of nitrogens with one attached hydrogen (secondary N) is 1. The molecule has 0 amide bonds. The van der Waals surface area contributed by atoms with E-state index in [0.29, 0.717) is 18.2 Å². The maximum absolute atomic E-state index is 13.6. The van der Waals surface area contributed by atoms with Gasteiger partial charge >= 0.3 is 0 Å². The Hall–Kier alpha value is -1.68. The van der Waals surface area contributed by atoms with Crippen molar-refractivity contribution < 1.29 is 4.39 Å². The Morgan fingerprint density at radius 3 is 2.89 bits per heavy atom. The van der Waals surface area contributed by atoms with Crippen LogP contribution in [0.25, 0.3) is 0 Å². The summed E-state index contributed by atoms with van der Waals surface area (Å²) in [7, 11) is 0. The van der Waals surface area contributed by atoms with E-state index in [1.54, 1.807) is 18.3 Å². The number of nitrogens with zero attached hydrogens (tertiary/aromatic N) is 2. The number of benzene rings is 1. The van der Waals surface area contributed by atoms with Crippen molar-refractivity contribution in [3.8, 4) is 0 Å². The summed E-state index contributed by atoms with van der Waals surface area (Å²) in [4.78, 5) is 0. The van der Waals surface area contributed by atoms with Crippen LogP contribution in [0.15, 0.2) is 36.5 Å². The first-order chi connectivity index (χ1) is 8.83. The van der Waals surface area contributed by atoms with Crippen molar-refractivity contribution in [2.75, 3.05) is 0 Å². The Balaban J connectivity index is 1.71. The zero-order valence-corrected chi connectivity index (χ0v) is 10.1. The van der Waals surface area contributed by atoms with Crippen LogP contribution in [-0.2, 0) is 13.1 Å². The molecule has 1 fully saturated rings. The minimum atomic E-state index is -0.172. The Kier molecular flexibility index (Phi) is 3.11. The van der Waals surface area contributed by atoms with Crippen molar-refractivity contribution in [3.05, 3.63) is 53.6 Å². The summed E-state index contributed by atoms with van der Waals surface area (Å²) in [6, 6.07) is 9.50. The second-order valence-corrected chi connectivity index (χ2v) is 4.73. The van der Waals surface area contributed by atoms with Crippen LogP contribution < -0.4 is 5.32 Å². The van der Waals surface area contributed by atoms with Gasteiger partial charge in [0.15, 0.2) is 0 Å². The van der Waals surface area contributed by atoms with Crippen LogP contribution in [0, 0.1) is 5.82 Å². The molecule has 1 aromatic heterocycles. The summed E-state index contributed by atoms with van der Waals surface area (Å²) >= 11 is 0. The van der Waals surface area contributed by atoms with E-state index in [2.05, 4.69) is 10.4 Å². The van der Waals surface area contributed by atoms with Crippen LogP contribution in [0.4, 0.5) is 4.39 Å². The highest BCUT2D eigenvalue weighted by Gasteiger charge is 2.20. The second-order valence-electron chi connectivity index (χ2n) is 4.73. The maximum Gasteiger partial charge on any atom is 0.128 e. The van der Waals surface area contributed by atoms with Crippen LogP contribution in [0.1, 0.15) is 24.1 Å². The summed E-state index contributed by atoms with van der Waals surface area (Å²) < 4.78 is 15.4. The van der Waals surface area contributed by atoms with Gasteiger partial charge in [0.2, 0.25) is 0 Å². The molecule has 0 radical (unpaired) electrons. The molecule has 94 valence electrons. The van der Waals surface area contributed by atoms with Gasteiger partial charge in [-0.3, -0.25) is 4.68 Å². The molecule has 1 aromatic carbocycles. The van der Waals surface area contributed by atoms with Gasteiger partial charge in [-0.15, -0.1) is 0 Å². The molecular weight excluding hydrogens is 229 g/mol. The average Bonchev–Trinajstić information content (AvgIpc) is 3.10.